The first kappa shape index (κ1) is 24.5. The lowest BCUT2D eigenvalue weighted by Crippen LogP contribution is -2.51. The molecule has 1 aliphatic carbocycles. The van der Waals surface area contributed by atoms with Crippen molar-refractivity contribution < 1.29 is 9.59 Å². The van der Waals surface area contributed by atoms with Gasteiger partial charge in [-0.15, -0.1) is 0 Å². The van der Waals surface area contributed by atoms with Crippen LogP contribution in [-0.2, 0) is 4.79 Å². The molecule has 192 valence electrons. The van der Waals surface area contributed by atoms with E-state index in [9.17, 15) is 9.59 Å². The van der Waals surface area contributed by atoms with Crippen LogP contribution in [0.2, 0.25) is 5.02 Å². The van der Waals surface area contributed by atoms with Gasteiger partial charge >= 0.3 is 0 Å². The number of nitrogens with zero attached hydrogens (tertiary/aromatic N) is 3. The van der Waals surface area contributed by atoms with E-state index in [1.54, 1.807) is 0 Å². The van der Waals surface area contributed by atoms with Gasteiger partial charge in [0.2, 0.25) is 5.91 Å². The van der Waals surface area contributed by atoms with Gasteiger partial charge in [-0.1, -0.05) is 84.4 Å². The van der Waals surface area contributed by atoms with Gasteiger partial charge in [0, 0.05) is 37.8 Å². The van der Waals surface area contributed by atoms with Gasteiger partial charge in [0.05, 0.1) is 22.0 Å². The number of amides is 2. The second-order valence-electron chi connectivity index (χ2n) is 10.2. The number of piperazine rings is 1. The molecule has 38 heavy (non-hydrogen) atoms. The number of hydrogen-bond donors (Lipinski definition) is 0. The number of para-hydroxylation sites is 1. The fourth-order valence-electron chi connectivity index (χ4n) is 5.66. The van der Waals surface area contributed by atoms with Gasteiger partial charge in [-0.25, -0.2) is 0 Å². The lowest BCUT2D eigenvalue weighted by Gasteiger charge is -2.35. The number of aromatic nitrogens is 1. The van der Waals surface area contributed by atoms with Crippen molar-refractivity contribution in [3.63, 3.8) is 0 Å². The first-order valence-corrected chi connectivity index (χ1v) is 13.6. The van der Waals surface area contributed by atoms with Crippen LogP contribution in [0.4, 0.5) is 0 Å². The third kappa shape index (κ3) is 4.52. The minimum Gasteiger partial charge on any atom is -0.339 e. The Labute approximate surface area is 228 Å². The van der Waals surface area contributed by atoms with Crippen LogP contribution in [0.1, 0.15) is 34.0 Å². The van der Waals surface area contributed by atoms with Crippen LogP contribution in [0.15, 0.2) is 91.0 Å². The third-order valence-electron chi connectivity index (χ3n) is 7.85. The average molecular weight is 524 g/mol. The largest absolute Gasteiger partial charge is 0.339 e. The van der Waals surface area contributed by atoms with E-state index in [1.165, 1.54) is 5.56 Å². The maximum absolute atomic E-state index is 13.8. The van der Waals surface area contributed by atoms with E-state index in [1.807, 2.05) is 95.6 Å². The van der Waals surface area contributed by atoms with E-state index in [0.29, 0.717) is 42.7 Å². The van der Waals surface area contributed by atoms with Crippen LogP contribution in [0.3, 0.4) is 0 Å². The summed E-state index contributed by atoms with van der Waals surface area (Å²) in [6.07, 6.45) is 0.916. The maximum Gasteiger partial charge on any atom is 0.255 e. The van der Waals surface area contributed by atoms with Gasteiger partial charge in [0.15, 0.2) is 0 Å². The Balaban J connectivity index is 1.20. The zero-order valence-corrected chi connectivity index (χ0v) is 22.1. The Bertz CT molecular complexity index is 1470. The molecule has 0 N–H and O–H groups in total. The van der Waals surface area contributed by atoms with Gasteiger partial charge in [-0.3, -0.25) is 9.59 Å². The van der Waals surface area contributed by atoms with Crippen molar-refractivity contribution >= 4 is 23.4 Å². The van der Waals surface area contributed by atoms with E-state index in [2.05, 4.69) is 16.7 Å². The lowest BCUT2D eigenvalue weighted by molar-refractivity contribution is -0.134. The van der Waals surface area contributed by atoms with Crippen LogP contribution in [0.5, 0.6) is 0 Å². The molecule has 2 unspecified atom stereocenters. The lowest BCUT2D eigenvalue weighted by atomic mass is 10.1. The molecule has 2 heterocycles. The summed E-state index contributed by atoms with van der Waals surface area (Å²) in [6, 6.07) is 30.0. The predicted molar refractivity (Wildman–Crippen MR) is 151 cm³/mol. The van der Waals surface area contributed by atoms with E-state index in [-0.39, 0.29) is 17.7 Å². The van der Waals surface area contributed by atoms with E-state index in [0.717, 1.165) is 29.1 Å². The molecule has 1 aromatic heterocycles. The highest BCUT2D eigenvalue weighted by molar-refractivity contribution is 6.32. The van der Waals surface area contributed by atoms with Crippen LogP contribution in [0.25, 0.3) is 16.9 Å². The quantitative estimate of drug-likeness (QED) is 0.313. The molecule has 1 saturated heterocycles. The summed E-state index contributed by atoms with van der Waals surface area (Å²) in [6.45, 7) is 4.17. The highest BCUT2D eigenvalue weighted by atomic mass is 35.5. The standard InChI is InChI=1S/C32H30ClN3O2/c1-22-25(21-30(24-12-6-3-7-13-24)36(22)29-15-9-8-14-28(29)33)31(37)34-16-18-35(19-17-34)32(38)27-20-26(27)23-10-4-2-5-11-23/h2-15,21,26-27H,16-20H2,1H3. The number of carbonyl (C=O) groups is 2. The van der Waals surface area contributed by atoms with Crippen molar-refractivity contribution in [1.82, 2.24) is 14.4 Å². The van der Waals surface area contributed by atoms with Gasteiger partial charge < -0.3 is 14.4 Å². The zero-order chi connectivity index (χ0) is 26.2. The van der Waals surface area contributed by atoms with Crippen molar-refractivity contribution in [3.05, 3.63) is 113 Å². The molecule has 1 saturated carbocycles. The summed E-state index contributed by atoms with van der Waals surface area (Å²) < 4.78 is 2.07. The fraction of sp³-hybridized carbons (Fsp3) is 0.250. The Morgan fingerprint density at radius 1 is 0.789 bits per heavy atom. The van der Waals surface area contributed by atoms with Crippen LogP contribution >= 0.6 is 11.6 Å². The Hall–Kier alpha value is -3.83. The molecule has 0 bridgehead atoms. The fourth-order valence-corrected chi connectivity index (χ4v) is 5.88. The molecule has 6 rings (SSSR count). The predicted octanol–water partition coefficient (Wildman–Crippen LogP) is 6.19. The minimum atomic E-state index is -0.00818. The van der Waals surface area contributed by atoms with E-state index < -0.39 is 0 Å². The molecule has 0 radical (unpaired) electrons. The summed E-state index contributed by atoms with van der Waals surface area (Å²) in [4.78, 5) is 30.7. The van der Waals surface area contributed by atoms with Crippen molar-refractivity contribution in [2.45, 2.75) is 19.3 Å². The molecule has 5 nitrogen and oxygen atoms in total. The third-order valence-corrected chi connectivity index (χ3v) is 8.17. The highest BCUT2D eigenvalue weighted by Crippen LogP contribution is 2.48. The maximum atomic E-state index is 13.8. The minimum absolute atomic E-state index is 0.00818. The summed E-state index contributed by atoms with van der Waals surface area (Å²) >= 11 is 6.60. The number of benzene rings is 3. The van der Waals surface area contributed by atoms with Crippen molar-refractivity contribution in [2.24, 2.45) is 5.92 Å². The molecule has 2 atom stereocenters. The van der Waals surface area contributed by atoms with Crippen LogP contribution < -0.4 is 0 Å². The summed E-state index contributed by atoms with van der Waals surface area (Å²) in [5.74, 6) is 0.608. The molecule has 2 fully saturated rings. The first-order valence-electron chi connectivity index (χ1n) is 13.2. The van der Waals surface area contributed by atoms with Crippen LogP contribution in [0, 0.1) is 12.8 Å². The zero-order valence-electron chi connectivity index (χ0n) is 21.4. The Kier molecular flexibility index (Phi) is 6.54. The molecular weight excluding hydrogens is 494 g/mol. The SMILES string of the molecule is Cc1c(C(=O)N2CCN(C(=O)C3CC3c3ccccc3)CC2)cc(-c2ccccc2)n1-c1ccccc1Cl. The second kappa shape index (κ2) is 10.1. The Morgan fingerprint density at radius 2 is 1.39 bits per heavy atom. The van der Waals surface area contributed by atoms with Crippen LogP contribution in [-0.4, -0.2) is 52.4 Å². The van der Waals surface area contributed by atoms with Crippen molar-refractivity contribution in [1.29, 1.82) is 0 Å². The summed E-state index contributed by atoms with van der Waals surface area (Å²) in [7, 11) is 0. The van der Waals surface area contributed by atoms with E-state index in [4.69, 9.17) is 11.6 Å². The summed E-state index contributed by atoms with van der Waals surface area (Å²) in [5.41, 5.74) is 5.54. The number of carbonyl (C=O) groups excluding carboxylic acids is 2. The summed E-state index contributed by atoms with van der Waals surface area (Å²) in [5, 5.41) is 0.628. The first-order chi connectivity index (χ1) is 18.5. The number of rotatable bonds is 5. The topological polar surface area (TPSA) is 45.6 Å². The normalized spacial score (nSPS) is 18.9. The van der Waals surface area contributed by atoms with Gasteiger partial charge in [0.25, 0.3) is 5.91 Å². The number of halogens is 1. The van der Waals surface area contributed by atoms with Gasteiger partial charge in [-0.2, -0.15) is 0 Å². The molecular formula is C32H30ClN3O2. The smallest absolute Gasteiger partial charge is 0.255 e. The molecule has 2 amide bonds. The molecule has 3 aromatic carbocycles. The average Bonchev–Trinajstić information content (AvgIpc) is 3.70. The van der Waals surface area contributed by atoms with E-state index >= 15 is 0 Å². The molecule has 4 aromatic rings. The molecule has 6 heteroatoms. The molecule has 2 aliphatic rings. The molecule has 0 spiro atoms. The van der Waals surface area contributed by atoms with Crippen molar-refractivity contribution in [2.75, 3.05) is 26.2 Å². The van der Waals surface area contributed by atoms with Crippen molar-refractivity contribution in [3.8, 4) is 16.9 Å². The van der Waals surface area contributed by atoms with Gasteiger partial charge in [-0.05, 0) is 48.6 Å². The monoisotopic (exact) mass is 523 g/mol. The number of hydrogen-bond acceptors (Lipinski definition) is 2. The second-order valence-corrected chi connectivity index (χ2v) is 10.6. The van der Waals surface area contributed by atoms with Gasteiger partial charge in [0.1, 0.15) is 0 Å². The molecule has 1 aliphatic heterocycles. The highest BCUT2D eigenvalue weighted by Gasteiger charge is 2.46. The Morgan fingerprint density at radius 3 is 2.08 bits per heavy atom.